The molecule has 1 N–H and O–H groups in total. The molecule has 0 aliphatic carbocycles. The van der Waals surface area contributed by atoms with Crippen molar-refractivity contribution in [3.8, 4) is 34.4 Å². The molecule has 7 heteroatoms. The summed E-state index contributed by atoms with van der Waals surface area (Å²) in [6, 6.07) is 5.91. The molecule has 3 heterocycles. The van der Waals surface area contributed by atoms with E-state index < -0.39 is 0 Å². The molecule has 0 aliphatic rings. The van der Waals surface area contributed by atoms with Crippen LogP contribution in [0.4, 0.5) is 0 Å². The molecule has 0 fully saturated rings. The Kier molecular flexibility index (Phi) is 3.64. The lowest BCUT2D eigenvalue weighted by molar-refractivity contribution is 0.412. The molecule has 7 nitrogen and oxygen atoms in total. The molecule has 132 valence electrons. The first-order valence-corrected chi connectivity index (χ1v) is 8.22. The number of aromatic nitrogens is 5. The predicted molar refractivity (Wildman–Crippen MR) is 98.3 cm³/mol. The molecule has 0 radical (unpaired) electrons. The van der Waals surface area contributed by atoms with Gasteiger partial charge in [0.2, 0.25) is 11.7 Å². The topological polar surface area (TPSA) is 77.5 Å². The van der Waals surface area contributed by atoms with E-state index >= 15 is 0 Å². The normalized spacial score (nSPS) is 11.2. The molecule has 0 saturated heterocycles. The molecule has 0 unspecified atom stereocenters. The maximum atomic E-state index is 10.5. The molecule has 0 amide bonds. The van der Waals surface area contributed by atoms with Gasteiger partial charge in [0.1, 0.15) is 11.3 Å². The standard InChI is InChI=1S/C19H19N5O2/c1-11-13(6-5-7-15(11)26-4)14-10-24-16(12(14)2)19(25)21-17(22-24)18-20-8-9-23(18)3/h5-10H,1-4H3,(H,21,22,25). The van der Waals surface area contributed by atoms with E-state index in [2.05, 4.69) is 15.1 Å². The van der Waals surface area contributed by atoms with Crippen LogP contribution in [0.1, 0.15) is 11.1 Å². The Bertz CT molecular complexity index is 1130. The zero-order chi connectivity index (χ0) is 18.4. The number of aromatic hydroxyl groups is 1. The van der Waals surface area contributed by atoms with Crippen LogP contribution < -0.4 is 4.74 Å². The van der Waals surface area contributed by atoms with Gasteiger partial charge >= 0.3 is 0 Å². The highest BCUT2D eigenvalue weighted by molar-refractivity contribution is 5.81. The minimum Gasteiger partial charge on any atom is -0.496 e. The third kappa shape index (κ3) is 2.32. The summed E-state index contributed by atoms with van der Waals surface area (Å²) in [7, 11) is 3.52. The summed E-state index contributed by atoms with van der Waals surface area (Å²) in [5.41, 5.74) is 4.53. The minimum absolute atomic E-state index is 0.0673. The maximum absolute atomic E-state index is 10.5. The third-order valence-corrected chi connectivity index (χ3v) is 4.68. The second-order valence-electron chi connectivity index (χ2n) is 6.21. The first kappa shape index (κ1) is 16.1. The summed E-state index contributed by atoms with van der Waals surface area (Å²) < 4.78 is 8.90. The summed E-state index contributed by atoms with van der Waals surface area (Å²) in [6.07, 6.45) is 5.39. The average molecular weight is 349 g/mol. The number of benzene rings is 1. The van der Waals surface area contributed by atoms with Gasteiger partial charge in [-0.2, -0.15) is 4.98 Å². The molecule has 0 saturated carbocycles. The quantitative estimate of drug-likeness (QED) is 0.615. The first-order chi connectivity index (χ1) is 12.5. The maximum Gasteiger partial charge on any atom is 0.240 e. The number of rotatable bonds is 3. The van der Waals surface area contributed by atoms with Crippen LogP contribution in [0.15, 0.2) is 36.8 Å². The molecule has 3 aromatic heterocycles. The molecule has 4 aromatic rings. The van der Waals surface area contributed by atoms with Crippen LogP contribution in [0, 0.1) is 13.8 Å². The summed E-state index contributed by atoms with van der Waals surface area (Å²) in [5.74, 6) is 1.71. The number of ether oxygens (including phenoxy) is 1. The lowest BCUT2D eigenvalue weighted by atomic mass is 9.99. The van der Waals surface area contributed by atoms with Crippen LogP contribution in [0.25, 0.3) is 28.3 Å². The summed E-state index contributed by atoms with van der Waals surface area (Å²) in [6.45, 7) is 3.97. The van der Waals surface area contributed by atoms with Crippen molar-refractivity contribution in [2.75, 3.05) is 7.11 Å². The van der Waals surface area contributed by atoms with E-state index in [9.17, 15) is 5.11 Å². The summed E-state index contributed by atoms with van der Waals surface area (Å²) >= 11 is 0. The van der Waals surface area contributed by atoms with Crippen molar-refractivity contribution >= 4 is 5.52 Å². The Labute approximate surface area is 150 Å². The van der Waals surface area contributed by atoms with Crippen molar-refractivity contribution in [1.82, 2.24) is 24.1 Å². The fourth-order valence-corrected chi connectivity index (χ4v) is 3.28. The summed E-state index contributed by atoms with van der Waals surface area (Å²) in [5, 5.41) is 15.1. The molecule has 4 rings (SSSR count). The highest BCUT2D eigenvalue weighted by Crippen LogP contribution is 2.36. The van der Waals surface area contributed by atoms with Gasteiger partial charge in [0.05, 0.1) is 7.11 Å². The predicted octanol–water partition coefficient (Wildman–Crippen LogP) is 3.13. The van der Waals surface area contributed by atoms with Crippen LogP contribution in [0.5, 0.6) is 11.6 Å². The van der Waals surface area contributed by atoms with E-state index in [0.717, 1.165) is 28.0 Å². The summed E-state index contributed by atoms with van der Waals surface area (Å²) in [4.78, 5) is 8.50. The Morgan fingerprint density at radius 1 is 1.12 bits per heavy atom. The monoisotopic (exact) mass is 349 g/mol. The number of methoxy groups -OCH3 is 1. The van der Waals surface area contributed by atoms with Crippen molar-refractivity contribution in [2.24, 2.45) is 7.05 Å². The van der Waals surface area contributed by atoms with Gasteiger partial charge in [-0.3, -0.25) is 0 Å². The zero-order valence-corrected chi connectivity index (χ0v) is 15.1. The lowest BCUT2D eigenvalue weighted by Gasteiger charge is -2.09. The second-order valence-corrected chi connectivity index (χ2v) is 6.21. The number of imidazole rings is 1. The van der Waals surface area contributed by atoms with Crippen LogP contribution in [-0.2, 0) is 7.05 Å². The molecular weight excluding hydrogens is 330 g/mol. The molecule has 0 bridgehead atoms. The smallest absolute Gasteiger partial charge is 0.240 e. The molecule has 26 heavy (non-hydrogen) atoms. The molecule has 0 atom stereocenters. The van der Waals surface area contributed by atoms with Crippen molar-refractivity contribution in [1.29, 1.82) is 0 Å². The number of aryl methyl sites for hydroxylation is 2. The Hall–Kier alpha value is -3.35. The molecule has 1 aromatic carbocycles. The van der Waals surface area contributed by atoms with E-state index in [0.29, 0.717) is 17.2 Å². The van der Waals surface area contributed by atoms with Crippen LogP contribution in [0.3, 0.4) is 0 Å². The van der Waals surface area contributed by atoms with E-state index in [1.165, 1.54) is 0 Å². The van der Waals surface area contributed by atoms with Crippen molar-refractivity contribution < 1.29 is 9.84 Å². The van der Waals surface area contributed by atoms with Crippen molar-refractivity contribution in [3.63, 3.8) is 0 Å². The lowest BCUT2D eigenvalue weighted by Crippen LogP contribution is -2.01. The zero-order valence-electron chi connectivity index (χ0n) is 15.1. The van der Waals surface area contributed by atoms with Crippen LogP contribution in [-0.4, -0.2) is 36.4 Å². The van der Waals surface area contributed by atoms with Gasteiger partial charge in [-0.25, -0.2) is 9.50 Å². The van der Waals surface area contributed by atoms with Crippen LogP contribution in [0.2, 0.25) is 0 Å². The number of hydrogen-bond acceptors (Lipinski definition) is 5. The van der Waals surface area contributed by atoms with Gasteiger partial charge in [-0.15, -0.1) is 5.10 Å². The fraction of sp³-hybridized carbons (Fsp3) is 0.211. The highest BCUT2D eigenvalue weighted by atomic mass is 16.5. The van der Waals surface area contributed by atoms with E-state index in [1.54, 1.807) is 17.8 Å². The largest absolute Gasteiger partial charge is 0.496 e. The average Bonchev–Trinajstić information content (AvgIpc) is 3.19. The van der Waals surface area contributed by atoms with Gasteiger partial charge in [0.15, 0.2) is 5.82 Å². The van der Waals surface area contributed by atoms with Gasteiger partial charge in [-0.1, -0.05) is 12.1 Å². The molecule has 0 aliphatic heterocycles. The van der Waals surface area contributed by atoms with E-state index in [4.69, 9.17) is 4.74 Å². The van der Waals surface area contributed by atoms with Gasteiger partial charge in [0.25, 0.3) is 0 Å². The molecular formula is C19H19N5O2. The van der Waals surface area contributed by atoms with Gasteiger partial charge < -0.3 is 14.4 Å². The van der Waals surface area contributed by atoms with Crippen LogP contribution >= 0.6 is 0 Å². The Balaban J connectivity index is 1.95. The Morgan fingerprint density at radius 3 is 2.62 bits per heavy atom. The SMILES string of the molecule is COc1cccc(-c2cn3nc(-c4nccn4C)nc(O)c3c2C)c1C. The van der Waals surface area contributed by atoms with E-state index in [-0.39, 0.29) is 5.88 Å². The molecule has 0 spiro atoms. The number of nitrogens with zero attached hydrogens (tertiary/aromatic N) is 5. The van der Waals surface area contributed by atoms with Gasteiger partial charge in [-0.05, 0) is 36.6 Å². The third-order valence-electron chi connectivity index (χ3n) is 4.68. The first-order valence-electron chi connectivity index (χ1n) is 8.22. The second kappa shape index (κ2) is 5.87. The van der Waals surface area contributed by atoms with Crippen molar-refractivity contribution in [2.45, 2.75) is 13.8 Å². The number of fused-ring (bicyclic) bond motifs is 1. The Morgan fingerprint density at radius 2 is 1.92 bits per heavy atom. The fourth-order valence-electron chi connectivity index (χ4n) is 3.28. The number of hydrogen-bond donors (Lipinski definition) is 1. The highest BCUT2D eigenvalue weighted by Gasteiger charge is 2.19. The minimum atomic E-state index is -0.0673. The van der Waals surface area contributed by atoms with Gasteiger partial charge in [0, 0.05) is 31.2 Å². The van der Waals surface area contributed by atoms with E-state index in [1.807, 2.05) is 56.1 Å². The van der Waals surface area contributed by atoms with Crippen molar-refractivity contribution in [3.05, 3.63) is 47.9 Å².